The van der Waals surface area contributed by atoms with E-state index in [9.17, 15) is 19.4 Å². The molecule has 0 aliphatic carbocycles. The number of rotatable bonds is 48. The number of nitrogens with zero attached hydrogens (tertiary/aromatic N) is 1. The van der Waals surface area contributed by atoms with Crippen LogP contribution in [0.1, 0.15) is 232 Å². The van der Waals surface area contributed by atoms with Crippen LogP contribution in [0.5, 0.6) is 0 Å². The number of quaternary nitrogens is 1. The minimum absolute atomic E-state index is 0.0547. The summed E-state index contributed by atoms with van der Waals surface area (Å²) in [5.41, 5.74) is 0. The highest BCUT2D eigenvalue weighted by Gasteiger charge is 2.27. The normalized spacial score (nSPS) is 14.5. The summed E-state index contributed by atoms with van der Waals surface area (Å²) < 4.78 is 23.6. The lowest BCUT2D eigenvalue weighted by Crippen LogP contribution is -2.45. The highest BCUT2D eigenvalue weighted by atomic mass is 31.2. The van der Waals surface area contributed by atoms with Gasteiger partial charge in [-0.1, -0.05) is 216 Å². The number of carbonyl (C=O) groups is 1. The molecule has 1 amide bonds. The average Bonchev–Trinajstić information content (AvgIpc) is 3.25. The Morgan fingerprint density at radius 1 is 0.531 bits per heavy atom. The van der Waals surface area contributed by atoms with Crippen LogP contribution in [0.3, 0.4) is 0 Å². The smallest absolute Gasteiger partial charge is 0.387 e. The topological polar surface area (TPSA) is 105 Å². The molecule has 0 aromatic rings. The van der Waals surface area contributed by atoms with Gasteiger partial charge in [0.1, 0.15) is 13.2 Å². The Balaban J connectivity index is 4.16. The van der Waals surface area contributed by atoms with E-state index in [4.69, 9.17) is 9.05 Å². The Labute approximate surface area is 396 Å². The first-order chi connectivity index (χ1) is 31.0. The van der Waals surface area contributed by atoms with Gasteiger partial charge in [0.2, 0.25) is 5.91 Å². The number of hydrogen-bond donors (Lipinski definition) is 3. The third-order valence-electron chi connectivity index (χ3n) is 11.7. The second kappa shape index (κ2) is 46.3. The molecule has 0 radical (unpaired) electrons. The number of nitrogens with one attached hydrogen (secondary N) is 1. The van der Waals surface area contributed by atoms with Gasteiger partial charge in [-0.25, -0.2) is 4.57 Å². The largest absolute Gasteiger partial charge is 0.472 e. The molecule has 0 heterocycles. The quantitative estimate of drug-likeness (QED) is 0.0243. The van der Waals surface area contributed by atoms with E-state index in [2.05, 4.69) is 67.8 Å². The lowest BCUT2D eigenvalue weighted by molar-refractivity contribution is -0.870. The van der Waals surface area contributed by atoms with Gasteiger partial charge < -0.3 is 19.8 Å². The van der Waals surface area contributed by atoms with E-state index in [1.54, 1.807) is 6.08 Å². The van der Waals surface area contributed by atoms with Crippen molar-refractivity contribution in [2.24, 2.45) is 0 Å². The maximum absolute atomic E-state index is 12.9. The zero-order valence-corrected chi connectivity index (χ0v) is 43.4. The maximum Gasteiger partial charge on any atom is 0.472 e. The Bertz CT molecular complexity index is 1230. The summed E-state index contributed by atoms with van der Waals surface area (Å²) in [5.74, 6) is -0.189. The molecule has 374 valence electrons. The summed E-state index contributed by atoms with van der Waals surface area (Å²) >= 11 is 0. The number of phosphoric acid groups is 1. The lowest BCUT2D eigenvalue weighted by atomic mass is 10.0. The predicted octanol–water partition coefficient (Wildman–Crippen LogP) is 15.8. The van der Waals surface area contributed by atoms with Gasteiger partial charge in [0.25, 0.3) is 0 Å². The number of aliphatic hydroxyl groups is 1. The van der Waals surface area contributed by atoms with Crippen molar-refractivity contribution in [3.8, 4) is 0 Å². The van der Waals surface area contributed by atoms with Gasteiger partial charge in [0, 0.05) is 6.42 Å². The number of carbonyl (C=O) groups excluding carboxylic acids is 1. The second-order valence-electron chi connectivity index (χ2n) is 19.2. The zero-order chi connectivity index (χ0) is 47.1. The van der Waals surface area contributed by atoms with Crippen LogP contribution in [-0.2, 0) is 18.4 Å². The number of aliphatic hydroxyl groups excluding tert-OH is 1. The van der Waals surface area contributed by atoms with Crippen LogP contribution in [0, 0.1) is 0 Å². The van der Waals surface area contributed by atoms with Crippen LogP contribution in [0.4, 0.5) is 0 Å². The van der Waals surface area contributed by atoms with Crippen molar-refractivity contribution in [1.29, 1.82) is 0 Å². The average molecular weight is 920 g/mol. The van der Waals surface area contributed by atoms with Crippen molar-refractivity contribution in [3.63, 3.8) is 0 Å². The number of unbranched alkanes of at least 4 members (excludes halogenated alkanes) is 27. The molecule has 0 saturated heterocycles. The molecule has 64 heavy (non-hydrogen) atoms. The van der Waals surface area contributed by atoms with Crippen LogP contribution in [-0.4, -0.2) is 73.4 Å². The van der Waals surface area contributed by atoms with Gasteiger partial charge in [-0.15, -0.1) is 0 Å². The van der Waals surface area contributed by atoms with Crippen molar-refractivity contribution in [3.05, 3.63) is 60.8 Å². The van der Waals surface area contributed by atoms with Crippen molar-refractivity contribution in [2.75, 3.05) is 40.9 Å². The highest BCUT2D eigenvalue weighted by Crippen LogP contribution is 2.43. The number of hydrogen-bond acceptors (Lipinski definition) is 5. The van der Waals surface area contributed by atoms with Crippen LogP contribution < -0.4 is 5.32 Å². The number of allylic oxidation sites excluding steroid dienone is 9. The third-order valence-corrected chi connectivity index (χ3v) is 12.7. The predicted molar refractivity (Wildman–Crippen MR) is 277 cm³/mol. The molecule has 0 saturated carbocycles. The molecule has 9 heteroatoms. The first-order valence-electron chi connectivity index (χ1n) is 26.7. The van der Waals surface area contributed by atoms with E-state index in [1.807, 2.05) is 27.2 Å². The van der Waals surface area contributed by atoms with Gasteiger partial charge in [-0.05, 0) is 70.6 Å². The van der Waals surface area contributed by atoms with Crippen molar-refractivity contribution >= 4 is 13.7 Å². The van der Waals surface area contributed by atoms with E-state index >= 15 is 0 Å². The highest BCUT2D eigenvalue weighted by molar-refractivity contribution is 7.47. The molecule has 3 atom stereocenters. The molecule has 0 spiro atoms. The molecule has 0 aliphatic rings. The Hall–Kier alpha value is -1.80. The molecule has 8 nitrogen and oxygen atoms in total. The minimum Gasteiger partial charge on any atom is -0.387 e. The summed E-state index contributed by atoms with van der Waals surface area (Å²) in [6.07, 6.45) is 61.7. The van der Waals surface area contributed by atoms with Crippen LogP contribution in [0.15, 0.2) is 60.8 Å². The molecular formula is C55H104N2O6P+. The first-order valence-corrected chi connectivity index (χ1v) is 28.2. The first kappa shape index (κ1) is 62.2. The van der Waals surface area contributed by atoms with E-state index in [0.717, 1.165) is 51.4 Å². The third kappa shape index (κ3) is 48.1. The summed E-state index contributed by atoms with van der Waals surface area (Å²) in [4.78, 5) is 23.2. The van der Waals surface area contributed by atoms with Gasteiger partial charge in [-0.2, -0.15) is 0 Å². The van der Waals surface area contributed by atoms with Gasteiger partial charge >= 0.3 is 7.82 Å². The molecule has 0 fully saturated rings. The summed E-state index contributed by atoms with van der Waals surface area (Å²) in [6, 6.07) is -0.864. The lowest BCUT2D eigenvalue weighted by Gasteiger charge is -2.25. The molecule has 0 aromatic heterocycles. The standard InChI is InChI=1S/C55H103N2O6P/c1-6-8-10-12-14-16-18-20-21-22-23-24-25-26-27-28-29-30-31-32-33-34-35-37-39-41-43-45-47-49-55(59)56-53(52-63-64(60,61)62-51-50-57(3,4)5)54(58)48-46-44-42-40-38-36-19-17-15-13-11-9-7-2/h18,20,22-23,25-26,38,40,46,48,53-54,58H,6-17,19,21,24,27-37,39,41-45,47,49-52H2,1-5H3,(H-,56,59,60,61)/p+1/b20-18-,23-22-,26-25-,40-38+,48-46+. The SMILES string of the molecule is CCCCCCC/C=C\C/C=C\C/C=C\CCCCCCCCCCCCCCCCC(=O)NC(COP(=O)(O)OCC[N+](C)(C)C)C(O)/C=C/CC/C=C/CCCCCCCCC. The fraction of sp³-hybridized carbons (Fsp3) is 0.800. The Morgan fingerprint density at radius 3 is 1.36 bits per heavy atom. The van der Waals surface area contributed by atoms with Crippen LogP contribution in [0.2, 0.25) is 0 Å². The van der Waals surface area contributed by atoms with E-state index in [0.29, 0.717) is 17.4 Å². The summed E-state index contributed by atoms with van der Waals surface area (Å²) in [5, 5.41) is 13.8. The molecule has 3 unspecified atom stereocenters. The van der Waals surface area contributed by atoms with Gasteiger partial charge in [0.15, 0.2) is 0 Å². The van der Waals surface area contributed by atoms with E-state index < -0.39 is 20.0 Å². The molecule has 3 N–H and O–H groups in total. The molecule has 0 aromatic carbocycles. The van der Waals surface area contributed by atoms with Crippen molar-refractivity contribution in [2.45, 2.75) is 244 Å². The fourth-order valence-electron chi connectivity index (χ4n) is 7.48. The van der Waals surface area contributed by atoms with Gasteiger partial charge in [-0.3, -0.25) is 13.8 Å². The fourth-order valence-corrected chi connectivity index (χ4v) is 8.21. The Kier molecular flexibility index (Phi) is 45.0. The van der Waals surface area contributed by atoms with Crippen LogP contribution >= 0.6 is 7.82 Å². The molecule has 0 rings (SSSR count). The van der Waals surface area contributed by atoms with Crippen molar-refractivity contribution < 1.29 is 32.9 Å². The minimum atomic E-state index is -4.35. The molecule has 0 bridgehead atoms. The zero-order valence-electron chi connectivity index (χ0n) is 42.5. The summed E-state index contributed by atoms with van der Waals surface area (Å²) in [7, 11) is 1.55. The van der Waals surface area contributed by atoms with Crippen molar-refractivity contribution in [1.82, 2.24) is 5.32 Å². The molecular weight excluding hydrogens is 816 g/mol. The van der Waals surface area contributed by atoms with Gasteiger partial charge in [0.05, 0.1) is 39.9 Å². The monoisotopic (exact) mass is 920 g/mol. The number of phosphoric ester groups is 1. The van der Waals surface area contributed by atoms with E-state index in [1.165, 1.54) is 161 Å². The van der Waals surface area contributed by atoms with E-state index in [-0.39, 0.29) is 19.1 Å². The number of likely N-dealkylation sites (N-methyl/N-ethyl adjacent to an activating group) is 1. The summed E-state index contributed by atoms with van der Waals surface area (Å²) in [6.45, 7) is 4.77. The van der Waals surface area contributed by atoms with Crippen LogP contribution in [0.25, 0.3) is 0 Å². The molecule has 0 aliphatic heterocycles. The maximum atomic E-state index is 12.9. The Morgan fingerprint density at radius 2 is 0.906 bits per heavy atom. The number of amides is 1. The second-order valence-corrected chi connectivity index (χ2v) is 20.7.